The number of rotatable bonds is 8. The third-order valence-corrected chi connectivity index (χ3v) is 6.33. The molecule has 0 radical (unpaired) electrons. The molecule has 0 saturated heterocycles. The van der Waals surface area contributed by atoms with Crippen LogP contribution in [0, 0.1) is 36.0 Å². The predicted octanol–water partition coefficient (Wildman–Crippen LogP) is 8.30. The summed E-state index contributed by atoms with van der Waals surface area (Å²) in [5, 5.41) is 0. The maximum absolute atomic E-state index is 14.8. The summed E-state index contributed by atoms with van der Waals surface area (Å²) in [5.41, 5.74) is 1.66. The molecule has 1 atom stereocenters. The molecule has 0 spiro atoms. The molecule has 0 fully saturated rings. The number of benzene rings is 3. The van der Waals surface area contributed by atoms with Gasteiger partial charge in [-0.2, -0.15) is 4.39 Å². The van der Waals surface area contributed by atoms with Crippen molar-refractivity contribution in [1.29, 1.82) is 0 Å². The summed E-state index contributed by atoms with van der Waals surface area (Å²) in [6, 6.07) is 9.98. The van der Waals surface area contributed by atoms with E-state index in [0.717, 1.165) is 11.6 Å². The van der Waals surface area contributed by atoms with Crippen LogP contribution in [0.2, 0.25) is 0 Å². The van der Waals surface area contributed by atoms with Gasteiger partial charge in [-0.3, -0.25) is 0 Å². The molecule has 0 bridgehead atoms. The molecule has 1 aliphatic carbocycles. The van der Waals surface area contributed by atoms with Crippen LogP contribution in [0.4, 0.5) is 22.0 Å². The lowest BCUT2D eigenvalue weighted by Crippen LogP contribution is -2.16. The lowest BCUT2D eigenvalue weighted by Gasteiger charge is -2.23. The topological polar surface area (TPSA) is 18.5 Å². The molecular weight excluding hydrogens is 475 g/mol. The van der Waals surface area contributed by atoms with Crippen LogP contribution in [0.1, 0.15) is 49.3 Å². The van der Waals surface area contributed by atoms with Gasteiger partial charge in [0.15, 0.2) is 23.2 Å². The molecule has 0 aliphatic heterocycles. The summed E-state index contributed by atoms with van der Waals surface area (Å²) in [7, 11) is 0. The monoisotopic (exact) mass is 502 g/mol. The molecule has 0 saturated carbocycles. The molecule has 2 nitrogen and oxygen atoms in total. The molecular formula is C29H27F5O2. The molecule has 7 heteroatoms. The Kier molecular flexibility index (Phi) is 8.09. The lowest BCUT2D eigenvalue weighted by molar-refractivity contribution is 0.0345. The molecule has 0 N–H and O–H groups in total. The van der Waals surface area contributed by atoms with Crippen molar-refractivity contribution in [1.82, 2.24) is 0 Å². The van der Waals surface area contributed by atoms with E-state index < -0.39 is 29.1 Å². The van der Waals surface area contributed by atoms with Crippen molar-refractivity contribution in [2.75, 3.05) is 6.61 Å². The Morgan fingerprint density at radius 1 is 0.861 bits per heavy atom. The summed E-state index contributed by atoms with van der Waals surface area (Å²) >= 11 is 0. The zero-order chi connectivity index (χ0) is 25.8. The Balaban J connectivity index is 1.40. The summed E-state index contributed by atoms with van der Waals surface area (Å²) < 4.78 is 82.9. The molecule has 4 rings (SSSR count). The quantitative estimate of drug-likeness (QED) is 0.289. The first kappa shape index (κ1) is 25.9. The molecule has 36 heavy (non-hydrogen) atoms. The fraction of sp³-hybridized carbons (Fsp3) is 0.310. The van der Waals surface area contributed by atoms with Gasteiger partial charge in [0, 0.05) is 16.7 Å². The zero-order valence-corrected chi connectivity index (χ0v) is 20.1. The second-order valence-corrected chi connectivity index (χ2v) is 8.89. The third kappa shape index (κ3) is 5.46. The highest BCUT2D eigenvalue weighted by atomic mass is 19.2. The smallest absolute Gasteiger partial charge is 0.201 e. The molecule has 1 unspecified atom stereocenters. The van der Waals surface area contributed by atoms with Gasteiger partial charge in [-0.05, 0) is 67.5 Å². The highest BCUT2D eigenvalue weighted by molar-refractivity contribution is 5.67. The summed E-state index contributed by atoms with van der Waals surface area (Å²) in [6.45, 7) is 3.63. The normalized spacial score (nSPS) is 15.6. The molecule has 3 aromatic rings. The average molecular weight is 503 g/mol. The first-order valence-electron chi connectivity index (χ1n) is 11.9. The molecule has 1 aliphatic rings. The van der Waals surface area contributed by atoms with E-state index in [1.54, 1.807) is 12.1 Å². The van der Waals surface area contributed by atoms with Crippen molar-refractivity contribution in [3.05, 3.63) is 94.3 Å². The second kappa shape index (κ2) is 11.2. The summed E-state index contributed by atoms with van der Waals surface area (Å²) in [6.07, 6.45) is 3.85. The molecule has 3 aromatic carbocycles. The minimum atomic E-state index is -1.10. The standard InChI is InChI=1S/C29H27F5O2/c1-3-14-35-25-13-12-23(28(33)29(25)34)19-5-6-20(24(30)15-19)16-36-21-9-7-18(8-10-21)22-11-4-17(2)26(31)27(22)32/h4-7,11-13,15,21H,3,8-10,14,16H2,1-2H3. The van der Waals surface area contributed by atoms with E-state index in [1.165, 1.54) is 31.2 Å². The van der Waals surface area contributed by atoms with Gasteiger partial charge < -0.3 is 9.47 Å². The van der Waals surface area contributed by atoms with Crippen molar-refractivity contribution in [3.63, 3.8) is 0 Å². The van der Waals surface area contributed by atoms with Crippen molar-refractivity contribution in [3.8, 4) is 16.9 Å². The van der Waals surface area contributed by atoms with E-state index in [-0.39, 0.29) is 52.9 Å². The Morgan fingerprint density at radius 3 is 2.31 bits per heavy atom. The number of ether oxygens (including phenoxy) is 2. The van der Waals surface area contributed by atoms with Crippen LogP contribution in [0.25, 0.3) is 16.7 Å². The Labute approximate surface area is 207 Å². The second-order valence-electron chi connectivity index (χ2n) is 8.89. The minimum absolute atomic E-state index is 0.00584. The van der Waals surface area contributed by atoms with Crippen LogP contribution < -0.4 is 4.74 Å². The van der Waals surface area contributed by atoms with Gasteiger partial charge in [-0.25, -0.2) is 17.6 Å². The van der Waals surface area contributed by atoms with Gasteiger partial charge >= 0.3 is 0 Å². The molecule has 0 heterocycles. The van der Waals surface area contributed by atoms with Crippen molar-refractivity contribution < 1.29 is 31.4 Å². The van der Waals surface area contributed by atoms with Crippen molar-refractivity contribution >= 4 is 5.57 Å². The zero-order valence-electron chi connectivity index (χ0n) is 20.1. The van der Waals surface area contributed by atoms with Crippen LogP contribution in [0.3, 0.4) is 0 Å². The fourth-order valence-corrected chi connectivity index (χ4v) is 4.22. The van der Waals surface area contributed by atoms with E-state index in [0.29, 0.717) is 25.7 Å². The molecule has 0 amide bonds. The van der Waals surface area contributed by atoms with Crippen LogP contribution in [0.15, 0.2) is 48.5 Å². The minimum Gasteiger partial charge on any atom is -0.490 e. The van der Waals surface area contributed by atoms with Crippen LogP contribution in [-0.2, 0) is 11.3 Å². The molecule has 0 aromatic heterocycles. The van der Waals surface area contributed by atoms with Gasteiger partial charge in [0.1, 0.15) is 5.82 Å². The van der Waals surface area contributed by atoms with Gasteiger partial charge in [-0.1, -0.05) is 37.3 Å². The number of halogens is 5. The number of aryl methyl sites for hydroxylation is 1. The fourth-order valence-electron chi connectivity index (χ4n) is 4.22. The predicted molar refractivity (Wildman–Crippen MR) is 129 cm³/mol. The van der Waals surface area contributed by atoms with Crippen molar-refractivity contribution in [2.24, 2.45) is 0 Å². The number of hydrogen-bond donors (Lipinski definition) is 0. The maximum Gasteiger partial charge on any atom is 0.201 e. The largest absolute Gasteiger partial charge is 0.490 e. The van der Waals surface area contributed by atoms with Crippen LogP contribution in [-0.4, -0.2) is 12.7 Å². The van der Waals surface area contributed by atoms with Gasteiger partial charge in [0.25, 0.3) is 0 Å². The van der Waals surface area contributed by atoms with E-state index in [9.17, 15) is 22.0 Å². The van der Waals surface area contributed by atoms with E-state index in [4.69, 9.17) is 9.47 Å². The molecule has 190 valence electrons. The van der Waals surface area contributed by atoms with Crippen LogP contribution >= 0.6 is 0 Å². The third-order valence-electron chi connectivity index (χ3n) is 6.33. The first-order valence-corrected chi connectivity index (χ1v) is 11.9. The Morgan fingerprint density at radius 2 is 1.61 bits per heavy atom. The number of hydrogen-bond acceptors (Lipinski definition) is 2. The van der Waals surface area contributed by atoms with E-state index >= 15 is 0 Å². The van der Waals surface area contributed by atoms with E-state index in [2.05, 4.69) is 0 Å². The highest BCUT2D eigenvalue weighted by Crippen LogP contribution is 2.33. The average Bonchev–Trinajstić information content (AvgIpc) is 2.88. The Hall–Kier alpha value is -3.19. The first-order chi connectivity index (χ1) is 17.3. The number of allylic oxidation sites excluding steroid dienone is 1. The summed E-state index contributed by atoms with van der Waals surface area (Å²) in [4.78, 5) is 0. The van der Waals surface area contributed by atoms with Gasteiger partial charge in [0.2, 0.25) is 5.82 Å². The van der Waals surface area contributed by atoms with Gasteiger partial charge in [-0.15, -0.1) is 0 Å². The van der Waals surface area contributed by atoms with Crippen LogP contribution in [0.5, 0.6) is 5.75 Å². The van der Waals surface area contributed by atoms with E-state index in [1.807, 2.05) is 13.0 Å². The van der Waals surface area contributed by atoms with Gasteiger partial charge in [0.05, 0.1) is 19.3 Å². The van der Waals surface area contributed by atoms with Crippen molar-refractivity contribution in [2.45, 2.75) is 52.2 Å². The Bertz CT molecular complexity index is 1290. The SMILES string of the molecule is CCCOc1ccc(-c2ccc(COC3CC=C(c4ccc(C)c(F)c4F)CC3)c(F)c2)c(F)c1F. The lowest BCUT2D eigenvalue weighted by atomic mass is 9.91. The highest BCUT2D eigenvalue weighted by Gasteiger charge is 2.21. The maximum atomic E-state index is 14.8. The summed E-state index contributed by atoms with van der Waals surface area (Å²) in [5.74, 6) is -4.66.